The van der Waals surface area contributed by atoms with Gasteiger partial charge in [0.25, 0.3) is 0 Å². The SMILES string of the molecule is CCCc1ccccc1.[C-]1=CC=CC1.[Fe]. The predicted molar refractivity (Wildman–Crippen MR) is 62.0 cm³/mol. The molecule has 0 amide bonds. The van der Waals surface area contributed by atoms with Crippen molar-refractivity contribution in [1.82, 2.24) is 0 Å². The third kappa shape index (κ3) is 7.18. The van der Waals surface area contributed by atoms with Crippen LogP contribution in [0.5, 0.6) is 0 Å². The summed E-state index contributed by atoms with van der Waals surface area (Å²) >= 11 is 0. The molecule has 82 valence electrons. The van der Waals surface area contributed by atoms with E-state index in [2.05, 4.69) is 49.4 Å². The fourth-order valence-electron chi connectivity index (χ4n) is 1.27. The molecule has 1 aliphatic carbocycles. The Balaban J connectivity index is 0.000000280. The molecule has 0 heterocycles. The van der Waals surface area contributed by atoms with Gasteiger partial charge in [0.2, 0.25) is 0 Å². The van der Waals surface area contributed by atoms with Crippen LogP contribution in [0.4, 0.5) is 0 Å². The Morgan fingerprint density at radius 1 is 1.20 bits per heavy atom. The van der Waals surface area contributed by atoms with Crippen molar-refractivity contribution in [2.75, 3.05) is 0 Å². The van der Waals surface area contributed by atoms with Crippen LogP contribution in [0.2, 0.25) is 0 Å². The zero-order valence-electron chi connectivity index (χ0n) is 9.09. The molecule has 1 aromatic carbocycles. The topological polar surface area (TPSA) is 0 Å². The first-order chi connectivity index (χ1) is 6.93. The molecule has 0 aromatic heterocycles. The van der Waals surface area contributed by atoms with Crippen molar-refractivity contribution in [3.63, 3.8) is 0 Å². The van der Waals surface area contributed by atoms with Crippen molar-refractivity contribution in [1.29, 1.82) is 0 Å². The van der Waals surface area contributed by atoms with E-state index in [1.807, 2.05) is 12.2 Å². The van der Waals surface area contributed by atoms with Crippen molar-refractivity contribution >= 4 is 0 Å². The van der Waals surface area contributed by atoms with Gasteiger partial charge < -0.3 is 0 Å². The van der Waals surface area contributed by atoms with Crippen molar-refractivity contribution < 1.29 is 17.1 Å². The van der Waals surface area contributed by atoms with Gasteiger partial charge in [-0.15, -0.1) is 6.42 Å². The second kappa shape index (κ2) is 9.76. The van der Waals surface area contributed by atoms with Crippen molar-refractivity contribution in [2.24, 2.45) is 0 Å². The molecule has 0 unspecified atom stereocenters. The molecule has 0 fully saturated rings. The van der Waals surface area contributed by atoms with Gasteiger partial charge in [0, 0.05) is 17.1 Å². The molecule has 2 rings (SSSR count). The van der Waals surface area contributed by atoms with Crippen LogP contribution in [0.3, 0.4) is 0 Å². The van der Waals surface area contributed by atoms with Crippen molar-refractivity contribution in [3.05, 3.63) is 60.2 Å². The smallest absolute Gasteiger partial charge is 0 e. The Morgan fingerprint density at radius 3 is 2.33 bits per heavy atom. The van der Waals surface area contributed by atoms with Crippen LogP contribution in [0.1, 0.15) is 25.3 Å². The van der Waals surface area contributed by atoms with Crippen LogP contribution < -0.4 is 0 Å². The molecule has 1 heteroatoms. The number of aryl methyl sites for hydroxylation is 1. The zero-order chi connectivity index (χ0) is 10.1. The third-order valence-electron chi connectivity index (χ3n) is 1.97. The van der Waals surface area contributed by atoms with E-state index in [1.165, 1.54) is 18.4 Å². The summed E-state index contributed by atoms with van der Waals surface area (Å²) in [7, 11) is 0. The molecule has 0 bridgehead atoms. The quantitative estimate of drug-likeness (QED) is 0.543. The van der Waals surface area contributed by atoms with Gasteiger partial charge in [-0.2, -0.15) is 6.08 Å². The maximum Gasteiger partial charge on any atom is 0 e. The van der Waals surface area contributed by atoms with Crippen LogP contribution in [-0.2, 0) is 23.5 Å². The van der Waals surface area contributed by atoms with Gasteiger partial charge in [-0.3, -0.25) is 6.08 Å². The average Bonchev–Trinajstić information content (AvgIpc) is 2.78. The van der Waals surface area contributed by atoms with E-state index in [1.54, 1.807) is 0 Å². The molecule has 0 N–H and O–H groups in total. The molecule has 0 saturated carbocycles. The molecule has 1 aromatic rings. The van der Waals surface area contributed by atoms with Gasteiger partial charge in [0.15, 0.2) is 0 Å². The minimum absolute atomic E-state index is 0. The first-order valence-electron chi connectivity index (χ1n) is 5.19. The minimum Gasteiger partial charge on any atom is -0.273 e. The molecule has 15 heavy (non-hydrogen) atoms. The van der Waals surface area contributed by atoms with E-state index >= 15 is 0 Å². The van der Waals surface area contributed by atoms with Crippen LogP contribution in [0.25, 0.3) is 0 Å². The number of allylic oxidation sites excluding steroid dienone is 4. The van der Waals surface area contributed by atoms with Gasteiger partial charge in [-0.05, 0) is 12.0 Å². The number of hydrogen-bond acceptors (Lipinski definition) is 0. The largest absolute Gasteiger partial charge is 0.273 e. The third-order valence-corrected chi connectivity index (χ3v) is 1.97. The second-order valence-corrected chi connectivity index (χ2v) is 3.24. The van der Waals surface area contributed by atoms with Gasteiger partial charge in [-0.1, -0.05) is 43.7 Å². The minimum atomic E-state index is 0. The van der Waals surface area contributed by atoms with Gasteiger partial charge in [0.05, 0.1) is 0 Å². The second-order valence-electron chi connectivity index (χ2n) is 3.24. The fourth-order valence-corrected chi connectivity index (χ4v) is 1.27. The van der Waals surface area contributed by atoms with E-state index < -0.39 is 0 Å². The van der Waals surface area contributed by atoms with Crippen LogP contribution >= 0.6 is 0 Å². The molecule has 0 nitrogen and oxygen atoms in total. The zero-order valence-corrected chi connectivity index (χ0v) is 10.2. The number of hydrogen-bond donors (Lipinski definition) is 0. The molecular formula is C14H17Fe-. The van der Waals surface area contributed by atoms with Gasteiger partial charge >= 0.3 is 0 Å². The Labute approximate surface area is 104 Å². The van der Waals surface area contributed by atoms with Crippen molar-refractivity contribution in [2.45, 2.75) is 26.2 Å². The standard InChI is InChI=1S/C9H12.C5H5.Fe/c1-2-6-9-7-4-3-5-8-9;1-2-4-5-3-1;/h3-5,7-8H,2,6H2,1H3;1-3H,4H2;/q;-1;. The Morgan fingerprint density at radius 2 is 1.93 bits per heavy atom. The van der Waals surface area contributed by atoms with Crippen LogP contribution in [0.15, 0.2) is 48.6 Å². The maximum absolute atomic E-state index is 2.99. The van der Waals surface area contributed by atoms with Crippen LogP contribution in [-0.4, -0.2) is 0 Å². The maximum atomic E-state index is 2.99. The summed E-state index contributed by atoms with van der Waals surface area (Å²) in [5.41, 5.74) is 1.44. The molecule has 0 atom stereocenters. The van der Waals surface area contributed by atoms with Crippen LogP contribution in [0, 0.1) is 6.08 Å². The van der Waals surface area contributed by atoms with E-state index in [-0.39, 0.29) is 17.1 Å². The van der Waals surface area contributed by atoms with E-state index in [0.29, 0.717) is 0 Å². The normalized spacial score (nSPS) is 11.5. The first-order valence-corrected chi connectivity index (χ1v) is 5.19. The molecule has 0 spiro atoms. The summed E-state index contributed by atoms with van der Waals surface area (Å²) in [6.07, 6.45) is 12.4. The van der Waals surface area contributed by atoms with E-state index in [0.717, 1.165) is 6.42 Å². The summed E-state index contributed by atoms with van der Waals surface area (Å²) in [5.74, 6) is 0. The molecular weight excluding hydrogens is 224 g/mol. The Bertz CT molecular complexity index is 275. The molecule has 0 saturated heterocycles. The Hall–Kier alpha value is -0.781. The van der Waals surface area contributed by atoms with Gasteiger partial charge in [0.1, 0.15) is 0 Å². The average molecular weight is 241 g/mol. The van der Waals surface area contributed by atoms with E-state index in [4.69, 9.17) is 0 Å². The summed E-state index contributed by atoms with van der Waals surface area (Å²) in [5, 5.41) is 0. The summed E-state index contributed by atoms with van der Waals surface area (Å²) < 4.78 is 0. The number of rotatable bonds is 2. The summed E-state index contributed by atoms with van der Waals surface area (Å²) in [6, 6.07) is 10.6. The molecule has 1 aliphatic rings. The predicted octanol–water partition coefficient (Wildman–Crippen LogP) is 3.94. The summed E-state index contributed by atoms with van der Waals surface area (Å²) in [4.78, 5) is 0. The van der Waals surface area contributed by atoms with E-state index in [9.17, 15) is 0 Å². The monoisotopic (exact) mass is 241 g/mol. The molecule has 0 aliphatic heterocycles. The molecule has 0 radical (unpaired) electrons. The first kappa shape index (κ1) is 14.2. The fraction of sp³-hybridized carbons (Fsp3) is 0.286. The number of benzene rings is 1. The van der Waals surface area contributed by atoms with Crippen molar-refractivity contribution in [3.8, 4) is 0 Å². The Kier molecular flexibility index (Phi) is 9.25. The van der Waals surface area contributed by atoms with Gasteiger partial charge in [-0.25, -0.2) is 12.2 Å². The summed E-state index contributed by atoms with van der Waals surface area (Å²) in [6.45, 7) is 2.20.